The minimum atomic E-state index is 0.444. The monoisotopic (exact) mass is 169 g/mol. The molecule has 0 aromatic heterocycles. The minimum Gasteiger partial charge on any atom is -0.313 e. The first kappa shape index (κ1) is 10.0. The largest absolute Gasteiger partial charge is 0.313 e. The van der Waals surface area contributed by atoms with E-state index in [1.54, 1.807) is 0 Å². The van der Waals surface area contributed by atoms with E-state index >= 15 is 0 Å². The Kier molecular flexibility index (Phi) is 3.16. The molecular formula is C11H23N. The van der Waals surface area contributed by atoms with Crippen LogP contribution in [0.4, 0.5) is 0 Å². The predicted octanol–water partition coefficient (Wildman–Crippen LogP) is 2.81. The number of nitrogens with one attached hydrogen (secondary N) is 1. The van der Waals surface area contributed by atoms with E-state index in [2.05, 4.69) is 33.0 Å². The lowest BCUT2D eigenvalue weighted by molar-refractivity contribution is 0.373. The fourth-order valence-corrected chi connectivity index (χ4v) is 1.62. The molecule has 1 aliphatic carbocycles. The third-order valence-corrected chi connectivity index (χ3v) is 2.48. The van der Waals surface area contributed by atoms with Gasteiger partial charge in [-0.3, -0.25) is 0 Å². The molecule has 0 aliphatic heterocycles. The third kappa shape index (κ3) is 3.57. The Labute approximate surface area is 76.9 Å². The molecule has 72 valence electrons. The van der Waals surface area contributed by atoms with Crippen molar-refractivity contribution in [3.8, 4) is 0 Å². The summed E-state index contributed by atoms with van der Waals surface area (Å²) in [5.74, 6) is 0.998. The van der Waals surface area contributed by atoms with Crippen LogP contribution in [0, 0.1) is 11.3 Å². The number of hydrogen-bond acceptors (Lipinski definition) is 1. The summed E-state index contributed by atoms with van der Waals surface area (Å²) in [4.78, 5) is 0. The molecule has 1 nitrogen and oxygen atoms in total. The summed E-state index contributed by atoms with van der Waals surface area (Å²) in [7, 11) is 0. The highest BCUT2D eigenvalue weighted by atomic mass is 15.0. The third-order valence-electron chi connectivity index (χ3n) is 2.48. The summed E-state index contributed by atoms with van der Waals surface area (Å²) in [5.41, 5.74) is 0.444. The summed E-state index contributed by atoms with van der Waals surface area (Å²) in [6.07, 6.45) is 4.18. The van der Waals surface area contributed by atoms with Crippen molar-refractivity contribution in [2.75, 3.05) is 6.54 Å². The molecule has 1 N–H and O–H groups in total. The van der Waals surface area contributed by atoms with Gasteiger partial charge in [-0.25, -0.2) is 0 Å². The normalized spacial score (nSPS) is 29.0. The van der Waals surface area contributed by atoms with E-state index in [0.717, 1.165) is 18.5 Å². The second-order valence-corrected chi connectivity index (χ2v) is 5.33. The van der Waals surface area contributed by atoms with Gasteiger partial charge in [0.05, 0.1) is 0 Å². The van der Waals surface area contributed by atoms with Gasteiger partial charge < -0.3 is 5.32 Å². The van der Waals surface area contributed by atoms with Gasteiger partial charge >= 0.3 is 0 Å². The summed E-state index contributed by atoms with van der Waals surface area (Å²) in [6.45, 7) is 10.3. The zero-order valence-electron chi connectivity index (χ0n) is 8.98. The van der Waals surface area contributed by atoms with Crippen molar-refractivity contribution in [1.82, 2.24) is 5.32 Å². The summed E-state index contributed by atoms with van der Waals surface area (Å²) in [6, 6.07) is 0.851. The first-order valence-electron chi connectivity index (χ1n) is 5.26. The van der Waals surface area contributed by atoms with Crippen molar-refractivity contribution in [3.05, 3.63) is 0 Å². The second kappa shape index (κ2) is 3.78. The Morgan fingerprint density at radius 2 is 2.00 bits per heavy atom. The molecule has 1 rings (SSSR count). The lowest BCUT2D eigenvalue weighted by Crippen LogP contribution is -2.29. The van der Waals surface area contributed by atoms with Gasteiger partial charge in [0, 0.05) is 12.6 Å². The molecule has 1 fully saturated rings. The average Bonchev–Trinajstić information content (AvgIpc) is 2.63. The molecule has 0 radical (unpaired) electrons. The fraction of sp³-hybridized carbons (Fsp3) is 1.00. The van der Waals surface area contributed by atoms with Gasteiger partial charge in [-0.2, -0.15) is 0 Å². The van der Waals surface area contributed by atoms with Crippen molar-refractivity contribution in [2.45, 2.75) is 53.0 Å². The molecule has 0 saturated heterocycles. The van der Waals surface area contributed by atoms with E-state index in [1.807, 2.05) is 0 Å². The molecule has 0 aromatic carbocycles. The zero-order valence-corrected chi connectivity index (χ0v) is 8.98. The number of rotatable bonds is 4. The SMILES string of the molecule is CCCC1CC1NCC(C)(C)C. The van der Waals surface area contributed by atoms with Crippen LogP contribution in [-0.4, -0.2) is 12.6 Å². The maximum Gasteiger partial charge on any atom is 0.00993 e. The van der Waals surface area contributed by atoms with Gasteiger partial charge in [0.1, 0.15) is 0 Å². The minimum absolute atomic E-state index is 0.444. The molecule has 0 heterocycles. The molecular weight excluding hydrogens is 146 g/mol. The molecule has 1 heteroatoms. The van der Waals surface area contributed by atoms with Crippen LogP contribution in [0.15, 0.2) is 0 Å². The van der Waals surface area contributed by atoms with Crippen LogP contribution < -0.4 is 5.32 Å². The Hall–Kier alpha value is -0.0400. The lowest BCUT2D eigenvalue weighted by atomic mass is 9.97. The van der Waals surface area contributed by atoms with Gasteiger partial charge in [0.15, 0.2) is 0 Å². The predicted molar refractivity (Wildman–Crippen MR) is 54.3 cm³/mol. The van der Waals surface area contributed by atoms with E-state index in [4.69, 9.17) is 0 Å². The molecule has 0 aromatic rings. The van der Waals surface area contributed by atoms with E-state index in [-0.39, 0.29) is 0 Å². The summed E-state index contributed by atoms with van der Waals surface area (Å²) >= 11 is 0. The quantitative estimate of drug-likeness (QED) is 0.682. The van der Waals surface area contributed by atoms with E-state index in [9.17, 15) is 0 Å². The van der Waals surface area contributed by atoms with E-state index < -0.39 is 0 Å². The summed E-state index contributed by atoms with van der Waals surface area (Å²) in [5, 5.41) is 3.63. The molecule has 0 spiro atoms. The molecule has 0 bridgehead atoms. The first-order valence-corrected chi connectivity index (χ1v) is 5.26. The highest BCUT2D eigenvalue weighted by Gasteiger charge is 2.35. The van der Waals surface area contributed by atoms with Crippen LogP contribution in [0.3, 0.4) is 0 Å². The fourth-order valence-electron chi connectivity index (χ4n) is 1.62. The highest BCUT2D eigenvalue weighted by Crippen LogP contribution is 2.34. The Morgan fingerprint density at radius 3 is 2.50 bits per heavy atom. The molecule has 0 amide bonds. The Bertz CT molecular complexity index is 134. The number of hydrogen-bond donors (Lipinski definition) is 1. The molecule has 2 atom stereocenters. The zero-order chi connectivity index (χ0) is 9.19. The highest BCUT2D eigenvalue weighted by molar-refractivity contribution is 4.93. The average molecular weight is 169 g/mol. The van der Waals surface area contributed by atoms with Gasteiger partial charge in [-0.15, -0.1) is 0 Å². The molecule has 1 aliphatic rings. The second-order valence-electron chi connectivity index (χ2n) is 5.33. The smallest absolute Gasteiger partial charge is 0.00993 e. The first-order chi connectivity index (χ1) is 5.53. The molecule has 2 unspecified atom stereocenters. The van der Waals surface area contributed by atoms with Crippen LogP contribution in [0.1, 0.15) is 47.0 Å². The van der Waals surface area contributed by atoms with Gasteiger partial charge in [0.2, 0.25) is 0 Å². The van der Waals surface area contributed by atoms with Crippen molar-refractivity contribution >= 4 is 0 Å². The molecule has 1 saturated carbocycles. The van der Waals surface area contributed by atoms with Crippen LogP contribution in [-0.2, 0) is 0 Å². The van der Waals surface area contributed by atoms with Crippen molar-refractivity contribution in [1.29, 1.82) is 0 Å². The summed E-state index contributed by atoms with van der Waals surface area (Å²) < 4.78 is 0. The van der Waals surface area contributed by atoms with Gasteiger partial charge in [-0.05, 0) is 24.2 Å². The van der Waals surface area contributed by atoms with Crippen LogP contribution in [0.5, 0.6) is 0 Å². The van der Waals surface area contributed by atoms with Crippen LogP contribution in [0.25, 0.3) is 0 Å². The molecule has 12 heavy (non-hydrogen) atoms. The van der Waals surface area contributed by atoms with Crippen LogP contribution >= 0.6 is 0 Å². The Balaban J connectivity index is 2.04. The van der Waals surface area contributed by atoms with Gasteiger partial charge in [-0.1, -0.05) is 34.1 Å². The maximum absolute atomic E-state index is 3.63. The Morgan fingerprint density at radius 1 is 1.33 bits per heavy atom. The standard InChI is InChI=1S/C11H23N/c1-5-6-9-7-10(9)12-8-11(2,3)4/h9-10,12H,5-8H2,1-4H3. The maximum atomic E-state index is 3.63. The van der Waals surface area contributed by atoms with Crippen LogP contribution in [0.2, 0.25) is 0 Å². The van der Waals surface area contributed by atoms with E-state index in [1.165, 1.54) is 19.3 Å². The lowest BCUT2D eigenvalue weighted by Gasteiger charge is -2.18. The van der Waals surface area contributed by atoms with Crippen molar-refractivity contribution in [3.63, 3.8) is 0 Å². The van der Waals surface area contributed by atoms with Crippen molar-refractivity contribution in [2.24, 2.45) is 11.3 Å². The van der Waals surface area contributed by atoms with Crippen molar-refractivity contribution < 1.29 is 0 Å². The van der Waals surface area contributed by atoms with Gasteiger partial charge in [0.25, 0.3) is 0 Å². The van der Waals surface area contributed by atoms with E-state index in [0.29, 0.717) is 5.41 Å². The topological polar surface area (TPSA) is 12.0 Å².